The lowest BCUT2D eigenvalue weighted by Gasteiger charge is -2.30. The third-order valence-electron chi connectivity index (χ3n) is 5.39. The summed E-state index contributed by atoms with van der Waals surface area (Å²) in [5.74, 6) is -0.668. The van der Waals surface area contributed by atoms with Crippen LogP contribution >= 0.6 is 0 Å². The molecule has 0 aliphatic carbocycles. The Morgan fingerprint density at radius 2 is 1.71 bits per heavy atom. The van der Waals surface area contributed by atoms with Crippen LogP contribution in [0.2, 0.25) is 0 Å². The molecule has 0 radical (unpaired) electrons. The number of aromatic nitrogens is 2. The Kier molecular flexibility index (Phi) is 5.70. The number of nitrogens with zero attached hydrogens (tertiary/aromatic N) is 3. The van der Waals surface area contributed by atoms with E-state index in [2.05, 4.69) is 25.9 Å². The zero-order valence-corrected chi connectivity index (χ0v) is 17.3. The number of amides is 3. The largest absolute Gasteiger partial charge is 0.383 e. The maximum Gasteiger partial charge on any atom is 0.232 e. The Hall–Kier alpha value is -3.69. The average molecular weight is 423 g/mol. The maximum absolute atomic E-state index is 13.0. The van der Waals surface area contributed by atoms with Gasteiger partial charge in [0.05, 0.1) is 11.5 Å². The number of hydrogen-bond acceptors (Lipinski definition) is 7. The van der Waals surface area contributed by atoms with Crippen LogP contribution in [-0.4, -0.2) is 40.8 Å². The molecule has 0 spiro atoms. The van der Waals surface area contributed by atoms with E-state index in [9.17, 15) is 14.4 Å². The van der Waals surface area contributed by atoms with Gasteiger partial charge >= 0.3 is 0 Å². The quantitative estimate of drug-likeness (QED) is 0.589. The predicted octanol–water partition coefficient (Wildman–Crippen LogP) is 2.07. The first kappa shape index (κ1) is 20.6. The summed E-state index contributed by atoms with van der Waals surface area (Å²) in [5.41, 5.74) is 7.83. The van der Waals surface area contributed by atoms with Gasteiger partial charge in [0.15, 0.2) is 0 Å². The molecule has 5 N–H and O–H groups in total. The Balaban J connectivity index is 1.56. The fourth-order valence-electron chi connectivity index (χ4n) is 3.91. The van der Waals surface area contributed by atoms with Crippen molar-refractivity contribution < 1.29 is 14.4 Å². The highest BCUT2D eigenvalue weighted by molar-refractivity contribution is 6.05. The second-order valence-electron chi connectivity index (χ2n) is 7.77. The molecular weight excluding hydrogens is 398 g/mol. The van der Waals surface area contributed by atoms with Gasteiger partial charge in [-0.15, -0.1) is 0 Å². The van der Waals surface area contributed by atoms with Crippen molar-refractivity contribution in [2.45, 2.75) is 38.5 Å². The highest BCUT2D eigenvalue weighted by Crippen LogP contribution is 2.37. The number of rotatable bonds is 4. The van der Waals surface area contributed by atoms with E-state index in [1.807, 2.05) is 4.90 Å². The molecule has 2 aromatic rings. The number of benzene rings is 1. The van der Waals surface area contributed by atoms with Gasteiger partial charge in [-0.25, -0.2) is 0 Å². The van der Waals surface area contributed by atoms with Crippen molar-refractivity contribution >= 4 is 46.7 Å². The van der Waals surface area contributed by atoms with E-state index in [0.29, 0.717) is 28.7 Å². The van der Waals surface area contributed by atoms with E-state index in [-0.39, 0.29) is 30.0 Å². The van der Waals surface area contributed by atoms with Crippen LogP contribution in [0.1, 0.15) is 44.1 Å². The first-order chi connectivity index (χ1) is 14.9. The molecule has 4 rings (SSSR count). The second kappa shape index (κ2) is 8.58. The Morgan fingerprint density at radius 3 is 2.35 bits per heavy atom. The van der Waals surface area contributed by atoms with Gasteiger partial charge in [-0.2, -0.15) is 9.97 Å². The first-order valence-corrected chi connectivity index (χ1v) is 10.3. The Bertz CT molecular complexity index is 1020. The van der Waals surface area contributed by atoms with Crippen molar-refractivity contribution in [3.8, 4) is 0 Å². The molecule has 2 aliphatic heterocycles. The minimum absolute atomic E-state index is 0.0422. The molecular formula is C21H25N7O3. The van der Waals surface area contributed by atoms with Gasteiger partial charge in [0.2, 0.25) is 23.7 Å². The van der Waals surface area contributed by atoms with Crippen LogP contribution < -0.4 is 26.6 Å². The molecule has 10 heteroatoms. The van der Waals surface area contributed by atoms with E-state index < -0.39 is 5.92 Å². The summed E-state index contributed by atoms with van der Waals surface area (Å²) in [6.45, 7) is 3.10. The van der Waals surface area contributed by atoms with Gasteiger partial charge in [0.1, 0.15) is 11.6 Å². The SMILES string of the molecule is CC(=O)Nc1ccc(NC(=O)[C@@H]2CC(=O)Nc3nc(N4CCCCC4)nc(N)c32)cc1. The van der Waals surface area contributed by atoms with Crippen molar-refractivity contribution in [1.82, 2.24) is 9.97 Å². The molecule has 2 aliphatic rings. The lowest BCUT2D eigenvalue weighted by atomic mass is 9.92. The van der Waals surface area contributed by atoms with Crippen molar-refractivity contribution in [3.05, 3.63) is 29.8 Å². The number of fused-ring (bicyclic) bond motifs is 1. The summed E-state index contributed by atoms with van der Waals surface area (Å²) in [5, 5.41) is 8.21. The van der Waals surface area contributed by atoms with Crippen LogP contribution in [0.25, 0.3) is 0 Å². The lowest BCUT2D eigenvalue weighted by Crippen LogP contribution is -2.35. The minimum Gasteiger partial charge on any atom is -0.383 e. The van der Waals surface area contributed by atoms with Gasteiger partial charge in [0.25, 0.3) is 0 Å². The van der Waals surface area contributed by atoms with Crippen molar-refractivity contribution in [2.24, 2.45) is 0 Å². The lowest BCUT2D eigenvalue weighted by molar-refractivity contribution is -0.123. The van der Waals surface area contributed by atoms with Gasteiger partial charge in [-0.1, -0.05) is 0 Å². The number of nitrogens with two attached hydrogens (primary N) is 1. The van der Waals surface area contributed by atoms with Gasteiger partial charge in [0, 0.05) is 37.8 Å². The van der Waals surface area contributed by atoms with E-state index in [0.717, 1.165) is 25.9 Å². The molecule has 1 fully saturated rings. The molecule has 162 valence electrons. The number of piperidine rings is 1. The molecule has 1 aromatic heterocycles. The smallest absolute Gasteiger partial charge is 0.232 e. The Morgan fingerprint density at radius 1 is 1.06 bits per heavy atom. The topological polar surface area (TPSA) is 142 Å². The monoisotopic (exact) mass is 423 g/mol. The molecule has 1 saturated heterocycles. The number of anilines is 5. The van der Waals surface area contributed by atoms with Crippen molar-refractivity contribution in [3.63, 3.8) is 0 Å². The van der Waals surface area contributed by atoms with E-state index >= 15 is 0 Å². The van der Waals surface area contributed by atoms with E-state index in [4.69, 9.17) is 5.73 Å². The first-order valence-electron chi connectivity index (χ1n) is 10.3. The van der Waals surface area contributed by atoms with Gasteiger partial charge in [-0.3, -0.25) is 14.4 Å². The fourth-order valence-corrected chi connectivity index (χ4v) is 3.91. The number of carbonyl (C=O) groups excluding carboxylic acids is 3. The van der Waals surface area contributed by atoms with Crippen molar-refractivity contribution in [1.29, 1.82) is 0 Å². The molecule has 31 heavy (non-hydrogen) atoms. The van der Waals surface area contributed by atoms with E-state index in [1.54, 1.807) is 24.3 Å². The summed E-state index contributed by atoms with van der Waals surface area (Å²) in [7, 11) is 0. The predicted molar refractivity (Wildman–Crippen MR) is 118 cm³/mol. The zero-order chi connectivity index (χ0) is 22.0. The minimum atomic E-state index is -0.797. The number of hydrogen-bond donors (Lipinski definition) is 4. The van der Waals surface area contributed by atoms with Crippen LogP contribution in [0.15, 0.2) is 24.3 Å². The molecule has 10 nitrogen and oxygen atoms in total. The number of nitrogens with one attached hydrogen (secondary N) is 3. The third kappa shape index (κ3) is 4.57. The standard InChI is InChI=1S/C21H25N7O3/c1-12(29)23-13-5-7-14(8-6-13)24-20(31)15-11-16(30)25-19-17(15)18(22)26-21(27-19)28-9-3-2-4-10-28/h5-8,15H,2-4,9-11H2,1H3,(H,23,29)(H,24,31)(H3,22,25,26,27,30)/t15-/m1/s1. The van der Waals surface area contributed by atoms with Gasteiger partial charge < -0.3 is 26.6 Å². The Labute approximate surface area is 179 Å². The molecule has 3 amide bonds. The van der Waals surface area contributed by atoms with Crippen LogP contribution in [0.3, 0.4) is 0 Å². The number of carbonyl (C=O) groups is 3. The highest BCUT2D eigenvalue weighted by atomic mass is 16.2. The normalized spacial score (nSPS) is 18.0. The van der Waals surface area contributed by atoms with Crippen LogP contribution in [0, 0.1) is 0 Å². The summed E-state index contributed by atoms with van der Waals surface area (Å²) in [4.78, 5) is 47.4. The van der Waals surface area contributed by atoms with E-state index in [1.165, 1.54) is 13.3 Å². The molecule has 0 saturated carbocycles. The summed E-state index contributed by atoms with van der Waals surface area (Å²) in [6, 6.07) is 6.71. The van der Waals surface area contributed by atoms with Crippen LogP contribution in [0.4, 0.5) is 29.0 Å². The summed E-state index contributed by atoms with van der Waals surface area (Å²) in [6.07, 6.45) is 3.23. The van der Waals surface area contributed by atoms with Crippen LogP contribution in [-0.2, 0) is 14.4 Å². The summed E-state index contributed by atoms with van der Waals surface area (Å²) >= 11 is 0. The van der Waals surface area contributed by atoms with Crippen molar-refractivity contribution in [2.75, 3.05) is 39.7 Å². The molecule has 0 bridgehead atoms. The second-order valence-corrected chi connectivity index (χ2v) is 7.77. The molecule has 1 aromatic carbocycles. The molecule has 0 unspecified atom stereocenters. The fraction of sp³-hybridized carbons (Fsp3) is 0.381. The average Bonchev–Trinajstić information content (AvgIpc) is 2.74. The molecule has 1 atom stereocenters. The third-order valence-corrected chi connectivity index (χ3v) is 5.39. The highest BCUT2D eigenvalue weighted by Gasteiger charge is 2.35. The molecule has 3 heterocycles. The zero-order valence-electron chi connectivity index (χ0n) is 17.3. The number of nitrogen functional groups attached to an aromatic ring is 1. The maximum atomic E-state index is 13.0. The van der Waals surface area contributed by atoms with Gasteiger partial charge in [-0.05, 0) is 43.5 Å². The van der Waals surface area contributed by atoms with Crippen LogP contribution in [0.5, 0.6) is 0 Å². The summed E-state index contributed by atoms with van der Waals surface area (Å²) < 4.78 is 0.